The summed E-state index contributed by atoms with van der Waals surface area (Å²) in [6.07, 6.45) is 3.19. The first-order valence-corrected chi connectivity index (χ1v) is 38.7. The number of carbonyl (C=O) groups excluding carboxylic acids is 10. The van der Waals surface area contributed by atoms with E-state index in [1.54, 1.807) is 39.8 Å². The number of ether oxygens (including phenoxy) is 3. The summed E-state index contributed by atoms with van der Waals surface area (Å²) in [5, 5.41) is 36.8. The van der Waals surface area contributed by atoms with Crippen molar-refractivity contribution in [2.24, 2.45) is 50.2 Å². The summed E-state index contributed by atoms with van der Waals surface area (Å²) in [5.74, 6) is -20.1. The van der Waals surface area contributed by atoms with Gasteiger partial charge in [0.2, 0.25) is 5.78 Å². The predicted octanol–water partition coefficient (Wildman–Crippen LogP) is 16.5. The molecule has 0 saturated heterocycles. The first kappa shape index (κ1) is 91.6. The molecule has 0 spiro atoms. The van der Waals surface area contributed by atoms with Crippen LogP contribution in [0.5, 0.6) is 0 Å². The van der Waals surface area contributed by atoms with Crippen molar-refractivity contribution in [3.63, 3.8) is 0 Å². The van der Waals surface area contributed by atoms with Gasteiger partial charge in [-0.1, -0.05) is 91.8 Å². The fourth-order valence-electron chi connectivity index (χ4n) is 20.5. The van der Waals surface area contributed by atoms with Gasteiger partial charge in [-0.15, -0.1) is 10.2 Å². The summed E-state index contributed by atoms with van der Waals surface area (Å²) in [4.78, 5) is 131. The zero-order valence-electron chi connectivity index (χ0n) is 68.3. The zero-order valence-corrected chi connectivity index (χ0v) is 68.3. The third-order valence-corrected chi connectivity index (χ3v) is 26.9. The average molecular weight is 1720 g/mol. The molecular formula is C91H82F12N4O16. The predicted molar refractivity (Wildman–Crippen MR) is 413 cm³/mol. The lowest BCUT2D eigenvalue weighted by atomic mass is 9.68. The number of Topliss-reactive ketones (excluding diaryl/α,β-unsaturated/α-hetero) is 5. The molecule has 0 amide bonds. The molecule has 6 aromatic carbocycles. The number of aliphatic carboxylic acids is 1. The first-order chi connectivity index (χ1) is 57.7. The molecule has 20 nitrogen and oxygen atoms in total. The number of hydrogen-bond acceptors (Lipinski definition) is 19. The largest absolute Gasteiger partial charge is 0.481 e. The van der Waals surface area contributed by atoms with Gasteiger partial charge in [-0.3, -0.25) is 52.7 Å². The second-order valence-electron chi connectivity index (χ2n) is 33.4. The van der Waals surface area contributed by atoms with Crippen LogP contribution in [0.15, 0.2) is 133 Å². The fraction of sp³-hybridized carbons (Fsp3) is 0.374. The summed E-state index contributed by atoms with van der Waals surface area (Å²) in [6, 6.07) is 22.9. The summed E-state index contributed by atoms with van der Waals surface area (Å²) in [7, 11) is 3.77. The van der Waals surface area contributed by atoms with Crippen LogP contribution in [0, 0.1) is 120 Å². The van der Waals surface area contributed by atoms with E-state index in [0.29, 0.717) is 43.5 Å². The molecule has 8 aromatic rings. The van der Waals surface area contributed by atoms with Crippen molar-refractivity contribution < 1.29 is 130 Å². The maximum atomic E-state index is 14.1. The number of fused-ring (bicyclic) bond motifs is 14. The Bertz CT molecular complexity index is 5650. The van der Waals surface area contributed by atoms with Gasteiger partial charge in [-0.2, -0.15) is 10.2 Å². The monoisotopic (exact) mass is 1710 g/mol. The van der Waals surface area contributed by atoms with Gasteiger partial charge < -0.3 is 24.4 Å². The van der Waals surface area contributed by atoms with Gasteiger partial charge in [0.05, 0.1) is 83.4 Å². The molecule has 10 atom stereocenters. The minimum atomic E-state index is -1.93. The highest BCUT2D eigenvalue weighted by Gasteiger charge is 2.75. The Kier molecular flexibility index (Phi) is 25.3. The standard InChI is InChI=1S/C19H18F2N2O2.C19H20F2O5.C19H18F2O4.C18H16F2N2O2.C8H4F2O2.C8H6F2O/c1-18(2)11-7-8-19(18,17(24)25-3)16-10(11)9-14(22-23-16)15-12(20)5-4-6-13(15)21;1-18(2)9-7-8-19(18,17(25)26-3)16(24)12(9)14(22)15(23)13-10(20)5-4-6-11(13)21;1-18(2)11-7-8-19(18,17(24)25-3)16(23)10(11)9-14(22)15-12(20)5-4-6-13(15)21;1-17(2)10-6-7-18(17,16(23)24)15-9(10)8-13(21-22-15)14-11(19)4-3-5-12(14)20;9-5-2-1-3-6(10)8(5)7(12)4-11;1-5(11)8-6(9)3-2-4-7(8)10/h4-6,9,11H,7-8H2,1-3H3;4-6,9,12,14,22H,7-8H2,1-3H3;4-6,9,11H,7-8H2,1-3H3;3-5,8,10H,6-7H2,1-2H3,(H,23,24);1-4H;2-4H,1H3/t11-,19+;9-,12?,14?,19+;11-,19+;10-,18+;;/m0000../s1. The lowest BCUT2D eigenvalue weighted by molar-refractivity contribution is -0.163. The Morgan fingerprint density at radius 1 is 0.423 bits per heavy atom. The van der Waals surface area contributed by atoms with Crippen molar-refractivity contribution in [2.45, 2.75) is 142 Å². The highest BCUT2D eigenvalue weighted by molar-refractivity contribution is 6.33. The number of carboxylic acids is 1. The average Bonchev–Trinajstić information content (AvgIpc) is 1.56. The highest BCUT2D eigenvalue weighted by Crippen LogP contribution is 2.71. The van der Waals surface area contributed by atoms with Crippen molar-refractivity contribution in [1.82, 2.24) is 20.4 Å². The number of aliphatic hydroxyl groups excluding tert-OH is 1. The van der Waals surface area contributed by atoms with Crippen LogP contribution in [0.4, 0.5) is 52.7 Å². The SMILES string of the molecule is CC(=O)c1c(F)cccc1F.CC1(C)[C@H]2CC[C@]1(C(=O)O)c1nnc(-c3c(F)cccc3F)cc12.COC(=O)[C@@]12CC[C@@H](C(=CC(=O)c3c(F)cccc3F)C1=O)C2(C)C.COC(=O)[C@@]12CC[C@@H](C(C(O)C(=O)c3c(F)cccc3F)C1=O)C2(C)C.COC(=O)[C@@]12CC[C@@H](c3cc(-c4c(F)cccc4F)nnc31)C2(C)C.O=CC(=O)c1c(F)cccc1F. The number of benzene rings is 6. The molecule has 2 heterocycles. The number of nitrogens with zero attached hydrogens (tertiary/aromatic N) is 4. The molecule has 0 radical (unpaired) electrons. The van der Waals surface area contributed by atoms with E-state index in [2.05, 4.69) is 20.4 Å². The summed E-state index contributed by atoms with van der Waals surface area (Å²) in [5.41, 5.74) is -7.40. The molecule has 646 valence electrons. The van der Waals surface area contributed by atoms with E-state index < -0.39 is 201 Å². The lowest BCUT2D eigenvalue weighted by Gasteiger charge is -2.34. The minimum Gasteiger partial charge on any atom is -0.481 e. The Balaban J connectivity index is 0.000000147. The van der Waals surface area contributed by atoms with E-state index in [1.165, 1.54) is 63.8 Å². The Labute approximate surface area is 696 Å². The molecule has 16 rings (SSSR count). The van der Waals surface area contributed by atoms with E-state index in [1.807, 2.05) is 27.7 Å². The zero-order chi connectivity index (χ0) is 90.8. The molecule has 0 aliphatic heterocycles. The molecule has 32 heteroatoms. The van der Waals surface area contributed by atoms with Crippen molar-refractivity contribution in [1.29, 1.82) is 0 Å². The number of carboxylic acid groups (broad SMARTS) is 1. The smallest absolute Gasteiger partial charge is 0.320 e. The molecule has 8 bridgehead atoms. The molecular weight excluding hydrogens is 1630 g/mol. The van der Waals surface area contributed by atoms with Gasteiger partial charge >= 0.3 is 23.9 Å². The van der Waals surface area contributed by atoms with Crippen LogP contribution < -0.4 is 0 Å². The van der Waals surface area contributed by atoms with Crippen molar-refractivity contribution in [3.05, 3.63) is 248 Å². The van der Waals surface area contributed by atoms with Gasteiger partial charge in [0.1, 0.15) is 97.6 Å². The number of halogens is 12. The van der Waals surface area contributed by atoms with E-state index >= 15 is 0 Å². The quantitative estimate of drug-likeness (QED) is 0.0149. The van der Waals surface area contributed by atoms with Crippen molar-refractivity contribution in [2.75, 3.05) is 21.3 Å². The minimum absolute atomic E-state index is 0.00677. The number of allylic oxidation sites excluding steroid dienone is 2. The van der Waals surface area contributed by atoms with Crippen LogP contribution in [-0.4, -0.2) is 123 Å². The van der Waals surface area contributed by atoms with Crippen LogP contribution in [0.25, 0.3) is 22.5 Å². The van der Waals surface area contributed by atoms with Gasteiger partial charge in [0, 0.05) is 5.57 Å². The number of esters is 3. The number of methoxy groups -OCH3 is 3. The second-order valence-corrected chi connectivity index (χ2v) is 33.4. The van der Waals surface area contributed by atoms with Crippen LogP contribution in [0.3, 0.4) is 0 Å². The number of aliphatic hydroxyl groups is 1. The summed E-state index contributed by atoms with van der Waals surface area (Å²) < 4.78 is 177. The normalized spacial score (nSPS) is 24.4. The van der Waals surface area contributed by atoms with Crippen LogP contribution in [-0.2, 0) is 58.6 Å². The lowest BCUT2D eigenvalue weighted by Crippen LogP contribution is -2.47. The Morgan fingerprint density at radius 2 is 0.748 bits per heavy atom. The van der Waals surface area contributed by atoms with Gasteiger partial charge in [-0.05, 0) is 206 Å². The third-order valence-electron chi connectivity index (χ3n) is 26.9. The summed E-state index contributed by atoms with van der Waals surface area (Å²) in [6.45, 7) is 16.0. The highest BCUT2D eigenvalue weighted by atomic mass is 19.2. The number of aromatic nitrogens is 4. The van der Waals surface area contributed by atoms with Crippen LogP contribution >= 0.6 is 0 Å². The molecule has 8 aliphatic rings. The number of rotatable bonds is 14. The van der Waals surface area contributed by atoms with Crippen molar-refractivity contribution in [3.8, 4) is 22.5 Å². The van der Waals surface area contributed by atoms with Gasteiger partial charge in [0.25, 0.3) is 0 Å². The van der Waals surface area contributed by atoms with E-state index in [9.17, 15) is 116 Å². The van der Waals surface area contributed by atoms with Gasteiger partial charge in [0.15, 0.2) is 35.2 Å². The molecule has 6 saturated carbocycles. The molecule has 8 aliphatic carbocycles. The van der Waals surface area contributed by atoms with Crippen molar-refractivity contribution >= 4 is 64.9 Å². The fourth-order valence-corrected chi connectivity index (χ4v) is 20.5. The third kappa shape index (κ3) is 14.4. The number of hydrogen-bond donors (Lipinski definition) is 2. The van der Waals surface area contributed by atoms with E-state index in [-0.39, 0.29) is 69.9 Å². The second kappa shape index (κ2) is 34.0. The van der Waals surface area contributed by atoms with E-state index in [0.717, 1.165) is 104 Å². The molecule has 2 aromatic heterocycles. The van der Waals surface area contributed by atoms with Crippen LogP contribution in [0.1, 0.15) is 189 Å². The number of aldehydes is 1. The summed E-state index contributed by atoms with van der Waals surface area (Å²) >= 11 is 0. The first-order valence-electron chi connectivity index (χ1n) is 38.7. The maximum Gasteiger partial charge on any atom is 0.320 e. The molecule has 2 N–H and O–H groups in total. The number of carbonyl (C=O) groups is 11. The molecule has 2 unspecified atom stereocenters. The van der Waals surface area contributed by atoms with E-state index in [4.69, 9.17) is 14.2 Å². The Morgan fingerprint density at radius 3 is 1.14 bits per heavy atom. The molecule has 123 heavy (non-hydrogen) atoms. The van der Waals surface area contributed by atoms with Gasteiger partial charge in [-0.25, -0.2) is 52.7 Å². The van der Waals surface area contributed by atoms with Crippen LogP contribution in [0.2, 0.25) is 0 Å². The molecule has 6 fully saturated rings. The topological polar surface area (TPSA) is 307 Å². The Hall–Kier alpha value is -12.1. The number of ketones is 6. The maximum absolute atomic E-state index is 14.1.